The summed E-state index contributed by atoms with van der Waals surface area (Å²) in [5.41, 5.74) is -0.184. The van der Waals surface area contributed by atoms with Crippen molar-refractivity contribution in [1.29, 1.82) is 0 Å². The van der Waals surface area contributed by atoms with E-state index in [2.05, 4.69) is 19.2 Å². The van der Waals surface area contributed by atoms with Crippen molar-refractivity contribution in [2.75, 3.05) is 13.7 Å². The Bertz CT molecular complexity index is 267. The van der Waals surface area contributed by atoms with Crippen LogP contribution in [0.1, 0.15) is 26.5 Å². The summed E-state index contributed by atoms with van der Waals surface area (Å²) in [5, 5.41) is 3.28. The zero-order chi connectivity index (χ0) is 11.3. The molecule has 0 spiro atoms. The second-order valence-electron chi connectivity index (χ2n) is 4.16. The summed E-state index contributed by atoms with van der Waals surface area (Å²) < 4.78 is 11.1. The highest BCUT2D eigenvalue weighted by Crippen LogP contribution is 2.18. The molecular formula is C12H21NO2. The van der Waals surface area contributed by atoms with Gasteiger partial charge in [-0.3, -0.25) is 0 Å². The maximum atomic E-state index is 5.73. The lowest BCUT2D eigenvalue weighted by molar-refractivity contribution is -0.0373. The van der Waals surface area contributed by atoms with E-state index in [1.54, 1.807) is 6.26 Å². The molecule has 3 heteroatoms. The van der Waals surface area contributed by atoms with Crippen LogP contribution in [0.25, 0.3) is 0 Å². The number of furan rings is 1. The molecule has 0 saturated carbocycles. The zero-order valence-electron chi connectivity index (χ0n) is 10.0. The first-order chi connectivity index (χ1) is 7.10. The van der Waals surface area contributed by atoms with Crippen LogP contribution in [-0.4, -0.2) is 25.3 Å². The number of likely N-dealkylation sites (N-methyl/N-ethyl adjacent to an activating group) is 1. The number of rotatable bonds is 6. The quantitative estimate of drug-likeness (QED) is 0.783. The van der Waals surface area contributed by atoms with E-state index in [1.807, 2.05) is 26.1 Å². The molecule has 0 saturated heterocycles. The summed E-state index contributed by atoms with van der Waals surface area (Å²) >= 11 is 0. The van der Waals surface area contributed by atoms with Crippen LogP contribution < -0.4 is 5.32 Å². The van der Waals surface area contributed by atoms with E-state index in [9.17, 15) is 0 Å². The van der Waals surface area contributed by atoms with Crippen LogP contribution in [0.5, 0.6) is 0 Å². The van der Waals surface area contributed by atoms with Gasteiger partial charge in [0.1, 0.15) is 5.76 Å². The second-order valence-corrected chi connectivity index (χ2v) is 4.16. The minimum absolute atomic E-state index is 0.184. The first kappa shape index (κ1) is 12.3. The molecule has 3 nitrogen and oxygen atoms in total. The lowest BCUT2D eigenvalue weighted by Gasteiger charge is -2.33. The van der Waals surface area contributed by atoms with Crippen LogP contribution in [0, 0.1) is 0 Å². The molecule has 1 N–H and O–H groups in total. The lowest BCUT2D eigenvalue weighted by Crippen LogP contribution is -2.48. The van der Waals surface area contributed by atoms with Crippen LogP contribution in [-0.2, 0) is 11.2 Å². The average Bonchev–Trinajstić information content (AvgIpc) is 2.66. The normalized spacial score (nSPS) is 14.1. The highest BCUT2D eigenvalue weighted by molar-refractivity contribution is 5.03. The summed E-state index contributed by atoms with van der Waals surface area (Å²) in [6.07, 6.45) is 2.55. The van der Waals surface area contributed by atoms with Gasteiger partial charge in [-0.05, 0) is 40.0 Å². The molecule has 0 radical (unpaired) electrons. The third-order valence-electron chi connectivity index (χ3n) is 2.69. The standard InChI is InChI=1S/C12H21NO2/c1-5-15-12(2,3)11(13-4)9-10-7-6-8-14-10/h6-8,11,13H,5,9H2,1-4H3. The second kappa shape index (κ2) is 5.33. The molecule has 1 atom stereocenters. The minimum Gasteiger partial charge on any atom is -0.469 e. The Morgan fingerprint density at radius 3 is 2.73 bits per heavy atom. The summed E-state index contributed by atoms with van der Waals surface area (Å²) in [6.45, 7) is 6.94. The van der Waals surface area contributed by atoms with Crippen molar-refractivity contribution in [2.45, 2.75) is 38.8 Å². The summed E-state index contributed by atoms with van der Waals surface area (Å²) in [7, 11) is 1.95. The smallest absolute Gasteiger partial charge is 0.105 e. The molecule has 15 heavy (non-hydrogen) atoms. The topological polar surface area (TPSA) is 34.4 Å². The predicted molar refractivity (Wildman–Crippen MR) is 61.0 cm³/mol. The van der Waals surface area contributed by atoms with Gasteiger partial charge in [-0.15, -0.1) is 0 Å². The van der Waals surface area contributed by atoms with Gasteiger partial charge in [-0.25, -0.2) is 0 Å². The van der Waals surface area contributed by atoms with E-state index in [-0.39, 0.29) is 11.6 Å². The van der Waals surface area contributed by atoms with Gasteiger partial charge < -0.3 is 14.5 Å². The first-order valence-electron chi connectivity index (χ1n) is 5.43. The van der Waals surface area contributed by atoms with Crippen molar-refractivity contribution in [3.05, 3.63) is 24.2 Å². The highest BCUT2D eigenvalue weighted by Gasteiger charge is 2.29. The molecule has 1 unspecified atom stereocenters. The summed E-state index contributed by atoms with van der Waals surface area (Å²) in [6, 6.07) is 4.16. The van der Waals surface area contributed by atoms with Gasteiger partial charge in [-0.1, -0.05) is 0 Å². The summed E-state index contributed by atoms with van der Waals surface area (Å²) in [4.78, 5) is 0. The van der Waals surface area contributed by atoms with E-state index in [0.717, 1.165) is 18.8 Å². The fourth-order valence-electron chi connectivity index (χ4n) is 1.80. The van der Waals surface area contributed by atoms with Crippen LogP contribution >= 0.6 is 0 Å². The van der Waals surface area contributed by atoms with Crippen molar-refractivity contribution in [3.8, 4) is 0 Å². The van der Waals surface area contributed by atoms with Gasteiger partial charge in [-0.2, -0.15) is 0 Å². The maximum Gasteiger partial charge on any atom is 0.105 e. The molecule has 0 aliphatic rings. The van der Waals surface area contributed by atoms with Crippen molar-refractivity contribution < 1.29 is 9.15 Å². The zero-order valence-corrected chi connectivity index (χ0v) is 10.0. The molecule has 0 aromatic carbocycles. The van der Waals surface area contributed by atoms with E-state index in [4.69, 9.17) is 9.15 Å². The van der Waals surface area contributed by atoms with Crippen molar-refractivity contribution in [2.24, 2.45) is 0 Å². The monoisotopic (exact) mass is 211 g/mol. The van der Waals surface area contributed by atoms with E-state index in [1.165, 1.54) is 0 Å². The number of ether oxygens (including phenoxy) is 1. The Labute approximate surface area is 91.8 Å². The molecule has 0 aliphatic carbocycles. The molecular weight excluding hydrogens is 190 g/mol. The maximum absolute atomic E-state index is 5.73. The van der Waals surface area contributed by atoms with Gasteiger partial charge in [0.15, 0.2) is 0 Å². The molecule has 1 aromatic heterocycles. The minimum atomic E-state index is -0.184. The van der Waals surface area contributed by atoms with Gasteiger partial charge >= 0.3 is 0 Å². The van der Waals surface area contributed by atoms with Crippen molar-refractivity contribution >= 4 is 0 Å². The fraction of sp³-hybridized carbons (Fsp3) is 0.667. The highest BCUT2D eigenvalue weighted by atomic mass is 16.5. The number of hydrogen-bond donors (Lipinski definition) is 1. The fourth-order valence-corrected chi connectivity index (χ4v) is 1.80. The van der Waals surface area contributed by atoms with Crippen LogP contribution in [0.4, 0.5) is 0 Å². The predicted octanol–water partition coefficient (Wildman–Crippen LogP) is 2.23. The van der Waals surface area contributed by atoms with Crippen LogP contribution in [0.2, 0.25) is 0 Å². The third kappa shape index (κ3) is 3.36. The molecule has 0 aliphatic heterocycles. The van der Waals surface area contributed by atoms with Crippen molar-refractivity contribution in [1.82, 2.24) is 5.32 Å². The molecule has 1 heterocycles. The van der Waals surface area contributed by atoms with Crippen LogP contribution in [0.3, 0.4) is 0 Å². The van der Waals surface area contributed by atoms with Gasteiger partial charge in [0.05, 0.1) is 11.9 Å². The molecule has 0 bridgehead atoms. The van der Waals surface area contributed by atoms with Gasteiger partial charge in [0, 0.05) is 19.1 Å². The Hall–Kier alpha value is -0.800. The Morgan fingerprint density at radius 1 is 1.53 bits per heavy atom. The molecule has 0 fully saturated rings. The average molecular weight is 211 g/mol. The number of nitrogens with one attached hydrogen (secondary N) is 1. The Morgan fingerprint density at radius 2 is 2.27 bits per heavy atom. The summed E-state index contributed by atoms with van der Waals surface area (Å²) in [5.74, 6) is 0.988. The number of hydrogen-bond acceptors (Lipinski definition) is 3. The van der Waals surface area contributed by atoms with Gasteiger partial charge in [0.25, 0.3) is 0 Å². The Kier molecular flexibility index (Phi) is 4.36. The SMILES string of the molecule is CCOC(C)(C)C(Cc1ccco1)NC. The van der Waals surface area contributed by atoms with Gasteiger partial charge in [0.2, 0.25) is 0 Å². The Balaban J connectivity index is 2.62. The van der Waals surface area contributed by atoms with Crippen LogP contribution in [0.15, 0.2) is 22.8 Å². The molecule has 1 rings (SSSR count). The van der Waals surface area contributed by atoms with E-state index < -0.39 is 0 Å². The molecule has 0 amide bonds. The largest absolute Gasteiger partial charge is 0.469 e. The lowest BCUT2D eigenvalue weighted by atomic mass is 9.94. The molecule has 1 aromatic rings. The molecule has 86 valence electrons. The van der Waals surface area contributed by atoms with E-state index in [0.29, 0.717) is 0 Å². The van der Waals surface area contributed by atoms with E-state index >= 15 is 0 Å². The first-order valence-corrected chi connectivity index (χ1v) is 5.43. The van der Waals surface area contributed by atoms with Crippen molar-refractivity contribution in [3.63, 3.8) is 0 Å². The third-order valence-corrected chi connectivity index (χ3v) is 2.69.